The van der Waals surface area contributed by atoms with Crippen molar-refractivity contribution in [1.82, 2.24) is 10.3 Å². The maximum absolute atomic E-state index is 12.1. The van der Waals surface area contributed by atoms with Crippen LogP contribution in [0.1, 0.15) is 12.1 Å². The van der Waals surface area contributed by atoms with Crippen LogP contribution < -0.4 is 11.1 Å². The van der Waals surface area contributed by atoms with Crippen LogP contribution in [0.5, 0.6) is 0 Å². The second kappa shape index (κ2) is 6.20. The van der Waals surface area contributed by atoms with Gasteiger partial charge in [-0.1, -0.05) is 24.3 Å². The van der Waals surface area contributed by atoms with Gasteiger partial charge in [0.25, 0.3) is 0 Å². The molecule has 3 N–H and O–H groups in total. The molecule has 1 aliphatic heterocycles. The number of rotatable bonds is 4. The molecular formula is C16H19N3O2. The van der Waals surface area contributed by atoms with E-state index in [9.17, 15) is 4.79 Å². The van der Waals surface area contributed by atoms with Crippen molar-refractivity contribution in [1.29, 1.82) is 0 Å². The normalized spacial score (nSPS) is 21.6. The summed E-state index contributed by atoms with van der Waals surface area (Å²) in [4.78, 5) is 16.6. The second-order valence-corrected chi connectivity index (χ2v) is 5.34. The molecule has 1 saturated heterocycles. The first-order chi connectivity index (χ1) is 10.3. The molecule has 1 aromatic heterocycles. The van der Waals surface area contributed by atoms with Crippen LogP contribution in [-0.4, -0.2) is 30.1 Å². The topological polar surface area (TPSA) is 77.2 Å². The van der Waals surface area contributed by atoms with E-state index in [1.807, 2.05) is 36.4 Å². The Hall–Kier alpha value is -1.98. The number of nitrogens with one attached hydrogen (secondary N) is 1. The van der Waals surface area contributed by atoms with Crippen molar-refractivity contribution in [2.45, 2.75) is 19.1 Å². The van der Waals surface area contributed by atoms with E-state index in [-0.39, 0.29) is 17.9 Å². The van der Waals surface area contributed by atoms with Crippen LogP contribution in [0, 0.1) is 5.92 Å². The van der Waals surface area contributed by atoms with Crippen LogP contribution >= 0.6 is 0 Å². The lowest BCUT2D eigenvalue weighted by Crippen LogP contribution is -2.31. The van der Waals surface area contributed by atoms with Crippen molar-refractivity contribution >= 4 is 16.8 Å². The summed E-state index contributed by atoms with van der Waals surface area (Å²) in [6, 6.07) is 11.9. The van der Waals surface area contributed by atoms with Gasteiger partial charge in [0.1, 0.15) is 0 Å². The van der Waals surface area contributed by atoms with Crippen molar-refractivity contribution in [3.05, 3.63) is 42.1 Å². The summed E-state index contributed by atoms with van der Waals surface area (Å²) in [5.74, 6) is -0.0834. The smallest absolute Gasteiger partial charge is 0.225 e. The van der Waals surface area contributed by atoms with Gasteiger partial charge in [-0.05, 0) is 18.6 Å². The summed E-state index contributed by atoms with van der Waals surface area (Å²) in [6.45, 7) is 1.36. The molecule has 0 aliphatic carbocycles. The summed E-state index contributed by atoms with van der Waals surface area (Å²) in [5.41, 5.74) is 7.35. The lowest BCUT2D eigenvalue weighted by Gasteiger charge is -2.09. The van der Waals surface area contributed by atoms with Crippen molar-refractivity contribution in [3.8, 4) is 0 Å². The number of amides is 1. The molecule has 21 heavy (non-hydrogen) atoms. The number of para-hydroxylation sites is 1. The Morgan fingerprint density at radius 1 is 1.33 bits per heavy atom. The standard InChI is InChI=1S/C16H19N3O2/c17-8-14-7-12(10-21-14)16(20)18-9-13-6-5-11-3-1-2-4-15(11)19-13/h1-6,12,14H,7-10,17H2,(H,18,20). The van der Waals surface area contributed by atoms with Gasteiger partial charge in [-0.25, -0.2) is 0 Å². The zero-order chi connectivity index (χ0) is 14.7. The minimum atomic E-state index is -0.0981. The highest BCUT2D eigenvalue weighted by Gasteiger charge is 2.29. The lowest BCUT2D eigenvalue weighted by molar-refractivity contribution is -0.125. The van der Waals surface area contributed by atoms with E-state index in [2.05, 4.69) is 10.3 Å². The van der Waals surface area contributed by atoms with Gasteiger partial charge in [0.15, 0.2) is 0 Å². The third kappa shape index (κ3) is 3.20. The monoisotopic (exact) mass is 285 g/mol. The first-order valence-corrected chi connectivity index (χ1v) is 7.20. The zero-order valence-corrected chi connectivity index (χ0v) is 11.8. The first-order valence-electron chi connectivity index (χ1n) is 7.20. The molecule has 2 aromatic rings. The molecule has 0 saturated carbocycles. The largest absolute Gasteiger partial charge is 0.376 e. The number of pyridine rings is 1. The Labute approximate surface area is 123 Å². The highest BCUT2D eigenvalue weighted by molar-refractivity contribution is 5.80. The average molecular weight is 285 g/mol. The number of carbonyl (C=O) groups excluding carboxylic acids is 1. The minimum absolute atomic E-state index is 0.0135. The highest BCUT2D eigenvalue weighted by Crippen LogP contribution is 2.19. The van der Waals surface area contributed by atoms with E-state index >= 15 is 0 Å². The van der Waals surface area contributed by atoms with E-state index in [0.29, 0.717) is 26.1 Å². The van der Waals surface area contributed by atoms with Gasteiger partial charge in [0.2, 0.25) is 5.91 Å². The van der Waals surface area contributed by atoms with E-state index in [1.54, 1.807) is 0 Å². The third-order valence-corrected chi connectivity index (χ3v) is 3.81. The molecule has 5 nitrogen and oxygen atoms in total. The van der Waals surface area contributed by atoms with Crippen LogP contribution in [0.2, 0.25) is 0 Å². The fourth-order valence-electron chi connectivity index (χ4n) is 2.58. The Morgan fingerprint density at radius 2 is 2.19 bits per heavy atom. The summed E-state index contributed by atoms with van der Waals surface area (Å²) >= 11 is 0. The molecule has 2 heterocycles. The number of benzene rings is 1. The summed E-state index contributed by atoms with van der Waals surface area (Å²) < 4.78 is 5.44. The number of ether oxygens (including phenoxy) is 1. The molecule has 1 amide bonds. The van der Waals surface area contributed by atoms with Crippen molar-refractivity contribution in [2.24, 2.45) is 11.7 Å². The third-order valence-electron chi connectivity index (χ3n) is 3.81. The van der Waals surface area contributed by atoms with Crippen LogP contribution in [0.15, 0.2) is 36.4 Å². The van der Waals surface area contributed by atoms with Gasteiger partial charge in [-0.3, -0.25) is 9.78 Å². The number of hydrogen-bond donors (Lipinski definition) is 2. The maximum atomic E-state index is 12.1. The van der Waals surface area contributed by atoms with Gasteiger partial charge in [-0.2, -0.15) is 0 Å². The number of fused-ring (bicyclic) bond motifs is 1. The van der Waals surface area contributed by atoms with Crippen molar-refractivity contribution in [2.75, 3.05) is 13.2 Å². The fourth-order valence-corrected chi connectivity index (χ4v) is 2.58. The number of nitrogens with two attached hydrogens (primary N) is 1. The molecular weight excluding hydrogens is 266 g/mol. The number of hydrogen-bond acceptors (Lipinski definition) is 4. The molecule has 1 aromatic carbocycles. The Kier molecular flexibility index (Phi) is 4.13. The van der Waals surface area contributed by atoms with Gasteiger partial charge in [-0.15, -0.1) is 0 Å². The van der Waals surface area contributed by atoms with E-state index in [1.165, 1.54) is 0 Å². The van der Waals surface area contributed by atoms with E-state index < -0.39 is 0 Å². The molecule has 1 fully saturated rings. The zero-order valence-electron chi connectivity index (χ0n) is 11.8. The fraction of sp³-hybridized carbons (Fsp3) is 0.375. The predicted molar refractivity (Wildman–Crippen MR) is 80.5 cm³/mol. The maximum Gasteiger partial charge on any atom is 0.225 e. The Balaban J connectivity index is 1.60. The number of nitrogens with zero attached hydrogens (tertiary/aromatic N) is 1. The van der Waals surface area contributed by atoms with Crippen molar-refractivity contribution in [3.63, 3.8) is 0 Å². The number of carbonyl (C=O) groups is 1. The molecule has 0 bridgehead atoms. The molecule has 110 valence electrons. The highest BCUT2D eigenvalue weighted by atomic mass is 16.5. The molecule has 2 unspecified atom stereocenters. The summed E-state index contributed by atoms with van der Waals surface area (Å²) in [7, 11) is 0. The van der Waals surface area contributed by atoms with Crippen LogP contribution in [0.3, 0.4) is 0 Å². The van der Waals surface area contributed by atoms with Crippen LogP contribution in [0.4, 0.5) is 0 Å². The molecule has 3 rings (SSSR count). The quantitative estimate of drug-likeness (QED) is 0.885. The van der Waals surface area contributed by atoms with Crippen LogP contribution in [-0.2, 0) is 16.1 Å². The van der Waals surface area contributed by atoms with Gasteiger partial charge < -0.3 is 15.8 Å². The minimum Gasteiger partial charge on any atom is -0.376 e. The molecule has 0 spiro atoms. The summed E-state index contributed by atoms with van der Waals surface area (Å²) in [5, 5.41) is 4.03. The van der Waals surface area contributed by atoms with Crippen LogP contribution in [0.25, 0.3) is 10.9 Å². The molecule has 2 atom stereocenters. The Bertz CT molecular complexity index is 644. The molecule has 5 heteroatoms. The van der Waals surface area contributed by atoms with Gasteiger partial charge in [0.05, 0.1) is 36.4 Å². The first kappa shape index (κ1) is 14.0. The van der Waals surface area contributed by atoms with Gasteiger partial charge >= 0.3 is 0 Å². The van der Waals surface area contributed by atoms with E-state index in [4.69, 9.17) is 10.5 Å². The average Bonchev–Trinajstić information content (AvgIpc) is 3.01. The Morgan fingerprint density at radius 3 is 3.00 bits per heavy atom. The van der Waals surface area contributed by atoms with E-state index in [0.717, 1.165) is 16.6 Å². The van der Waals surface area contributed by atoms with Crippen molar-refractivity contribution < 1.29 is 9.53 Å². The molecule has 1 aliphatic rings. The molecule has 0 radical (unpaired) electrons. The SMILES string of the molecule is NCC1CC(C(=O)NCc2ccc3ccccc3n2)CO1. The lowest BCUT2D eigenvalue weighted by atomic mass is 10.0. The summed E-state index contributed by atoms with van der Waals surface area (Å²) in [6.07, 6.45) is 0.715. The van der Waals surface area contributed by atoms with Gasteiger partial charge in [0, 0.05) is 11.9 Å². The number of aromatic nitrogens is 1. The second-order valence-electron chi connectivity index (χ2n) is 5.34. The predicted octanol–water partition coefficient (Wildman–Crippen LogP) is 1.21.